The van der Waals surface area contributed by atoms with Gasteiger partial charge in [-0.15, -0.1) is 11.3 Å². The number of benzene rings is 2. The topological polar surface area (TPSA) is 78.5 Å². The van der Waals surface area contributed by atoms with E-state index in [1.54, 1.807) is 29.5 Å². The van der Waals surface area contributed by atoms with Crippen molar-refractivity contribution in [2.75, 3.05) is 6.54 Å². The fraction of sp³-hybridized carbons (Fsp3) is 0.321. The van der Waals surface area contributed by atoms with Crippen LogP contribution in [0.15, 0.2) is 54.6 Å². The summed E-state index contributed by atoms with van der Waals surface area (Å²) in [7, 11) is 0. The van der Waals surface area contributed by atoms with Crippen molar-refractivity contribution in [2.24, 2.45) is 0 Å². The maximum Gasteiger partial charge on any atom is 0.299 e. The normalized spacial score (nSPS) is 19.3. The highest BCUT2D eigenvalue weighted by Crippen LogP contribution is 2.50. The molecule has 2 unspecified atom stereocenters. The molecule has 1 aromatic heterocycles. The molecular formula is C28H27F2N3O3S. The van der Waals surface area contributed by atoms with Crippen LogP contribution in [0, 0.1) is 6.92 Å². The molecule has 2 N–H and O–H groups in total. The largest absolute Gasteiger partial charge is 0.349 e. The summed E-state index contributed by atoms with van der Waals surface area (Å²) in [5, 5.41) is 5.52. The number of carbonyl (C=O) groups is 3. The molecule has 0 radical (unpaired) electrons. The monoisotopic (exact) mass is 523 g/mol. The maximum atomic E-state index is 14.8. The van der Waals surface area contributed by atoms with Crippen LogP contribution in [0.5, 0.6) is 0 Å². The van der Waals surface area contributed by atoms with Crippen LogP contribution in [-0.2, 0) is 22.1 Å². The Morgan fingerprint density at radius 1 is 1.00 bits per heavy atom. The smallest absolute Gasteiger partial charge is 0.299 e. The number of fused-ring (bicyclic) bond motifs is 3. The first-order valence-electron chi connectivity index (χ1n) is 12.2. The SMILES string of the molecule is Cc1ccc(CNC(=O)C2CCC(C)N2C(=O)CNC(=O)c2ccc3c(c2)-c2ccccc2C3(F)F)s1. The summed E-state index contributed by atoms with van der Waals surface area (Å²) in [6.07, 6.45) is 1.24. The Labute approximate surface area is 217 Å². The molecule has 2 aliphatic rings. The lowest BCUT2D eigenvalue weighted by Gasteiger charge is -2.28. The molecule has 2 heterocycles. The van der Waals surface area contributed by atoms with Crippen LogP contribution in [0.4, 0.5) is 8.78 Å². The number of alkyl halides is 2. The number of likely N-dealkylation sites (tertiary alicyclic amines) is 1. The third-order valence-electron chi connectivity index (χ3n) is 7.07. The van der Waals surface area contributed by atoms with Gasteiger partial charge in [0.25, 0.3) is 11.8 Å². The van der Waals surface area contributed by atoms with Gasteiger partial charge in [0.1, 0.15) is 6.04 Å². The number of halogens is 2. The number of hydrogen-bond donors (Lipinski definition) is 2. The minimum Gasteiger partial charge on any atom is -0.349 e. The van der Waals surface area contributed by atoms with Crippen molar-refractivity contribution < 1.29 is 23.2 Å². The van der Waals surface area contributed by atoms with E-state index in [1.165, 1.54) is 29.2 Å². The molecule has 0 bridgehead atoms. The van der Waals surface area contributed by atoms with Gasteiger partial charge in [-0.1, -0.05) is 30.3 Å². The molecule has 2 aromatic carbocycles. The molecule has 3 amide bonds. The zero-order chi connectivity index (χ0) is 26.3. The molecule has 1 aliphatic heterocycles. The van der Waals surface area contributed by atoms with Gasteiger partial charge in [0.15, 0.2) is 0 Å². The molecule has 0 saturated carbocycles. The Hall–Kier alpha value is -3.59. The molecule has 1 saturated heterocycles. The van der Waals surface area contributed by atoms with Gasteiger partial charge in [0.05, 0.1) is 13.1 Å². The second kappa shape index (κ2) is 9.70. The summed E-state index contributed by atoms with van der Waals surface area (Å²) in [4.78, 5) is 42.5. The van der Waals surface area contributed by atoms with E-state index in [0.717, 1.165) is 9.75 Å². The van der Waals surface area contributed by atoms with E-state index in [1.807, 2.05) is 26.0 Å². The van der Waals surface area contributed by atoms with Gasteiger partial charge in [-0.25, -0.2) is 0 Å². The Bertz CT molecular complexity index is 1390. The van der Waals surface area contributed by atoms with Crippen molar-refractivity contribution in [2.45, 2.75) is 51.2 Å². The Balaban J connectivity index is 1.24. The predicted octanol–water partition coefficient (Wildman–Crippen LogP) is 4.60. The fourth-order valence-corrected chi connectivity index (χ4v) is 6.03. The van der Waals surface area contributed by atoms with Gasteiger partial charge < -0.3 is 15.5 Å². The Morgan fingerprint density at radius 3 is 2.51 bits per heavy atom. The number of nitrogens with zero attached hydrogens (tertiary/aromatic N) is 1. The number of thiophene rings is 1. The maximum absolute atomic E-state index is 14.8. The van der Waals surface area contributed by atoms with Crippen LogP contribution < -0.4 is 10.6 Å². The van der Waals surface area contributed by atoms with Crippen LogP contribution in [0.3, 0.4) is 0 Å². The van der Waals surface area contributed by atoms with Gasteiger partial charge in [0.2, 0.25) is 11.8 Å². The van der Waals surface area contributed by atoms with E-state index in [9.17, 15) is 23.2 Å². The van der Waals surface area contributed by atoms with Gasteiger partial charge >= 0.3 is 0 Å². The minimum absolute atomic E-state index is 0.0840. The highest BCUT2D eigenvalue weighted by atomic mass is 32.1. The predicted molar refractivity (Wildman–Crippen MR) is 137 cm³/mol. The third-order valence-corrected chi connectivity index (χ3v) is 8.07. The molecular weight excluding hydrogens is 496 g/mol. The van der Waals surface area contributed by atoms with Gasteiger partial charge in [-0.3, -0.25) is 14.4 Å². The first-order valence-corrected chi connectivity index (χ1v) is 13.0. The van der Waals surface area contributed by atoms with Crippen molar-refractivity contribution in [1.29, 1.82) is 0 Å². The van der Waals surface area contributed by atoms with Crippen LogP contribution in [0.2, 0.25) is 0 Å². The number of rotatable bonds is 6. The van der Waals surface area contributed by atoms with Gasteiger partial charge in [-0.05, 0) is 62.1 Å². The highest BCUT2D eigenvalue weighted by molar-refractivity contribution is 7.11. The number of hydrogen-bond acceptors (Lipinski definition) is 4. The van der Waals surface area contributed by atoms with E-state index in [-0.39, 0.29) is 41.1 Å². The van der Waals surface area contributed by atoms with E-state index in [0.29, 0.717) is 30.5 Å². The lowest BCUT2D eigenvalue weighted by molar-refractivity contribution is -0.139. The van der Waals surface area contributed by atoms with E-state index in [4.69, 9.17) is 0 Å². The van der Waals surface area contributed by atoms with Crippen molar-refractivity contribution in [3.63, 3.8) is 0 Å². The number of amides is 3. The summed E-state index contributed by atoms with van der Waals surface area (Å²) in [5.74, 6) is -4.23. The summed E-state index contributed by atoms with van der Waals surface area (Å²) < 4.78 is 29.6. The lowest BCUT2D eigenvalue weighted by Crippen LogP contribution is -2.51. The van der Waals surface area contributed by atoms with Crippen LogP contribution >= 0.6 is 11.3 Å². The summed E-state index contributed by atoms with van der Waals surface area (Å²) >= 11 is 1.61. The summed E-state index contributed by atoms with van der Waals surface area (Å²) in [6, 6.07) is 13.5. The molecule has 192 valence electrons. The molecule has 5 rings (SSSR count). The van der Waals surface area contributed by atoms with Gasteiger partial charge in [0, 0.05) is 32.5 Å². The average Bonchev–Trinajstić information content (AvgIpc) is 3.55. The summed E-state index contributed by atoms with van der Waals surface area (Å²) in [6.45, 7) is 4.00. The van der Waals surface area contributed by atoms with Crippen molar-refractivity contribution >= 4 is 29.1 Å². The molecule has 2 atom stereocenters. The Kier molecular flexibility index (Phi) is 6.58. The number of carbonyl (C=O) groups excluding carboxylic acids is 3. The molecule has 0 spiro atoms. The quantitative estimate of drug-likeness (QED) is 0.496. The molecule has 1 fully saturated rings. The third kappa shape index (κ3) is 4.64. The van der Waals surface area contributed by atoms with Crippen molar-refractivity contribution in [1.82, 2.24) is 15.5 Å². The second-order valence-electron chi connectivity index (χ2n) is 9.54. The number of aryl methyl sites for hydroxylation is 1. The molecule has 9 heteroatoms. The zero-order valence-corrected chi connectivity index (χ0v) is 21.3. The van der Waals surface area contributed by atoms with Crippen molar-refractivity contribution in [3.8, 4) is 11.1 Å². The van der Waals surface area contributed by atoms with E-state index in [2.05, 4.69) is 10.6 Å². The first kappa shape index (κ1) is 25.1. The van der Waals surface area contributed by atoms with E-state index < -0.39 is 17.9 Å². The standard InChI is InChI=1S/C28H27F2N3O3S/c1-16-7-12-24(27(36)31-14-19-10-8-17(2)37-19)33(16)25(34)15-32-26(35)18-9-11-23-21(13-18)20-5-3-4-6-22(20)28(23,29)30/h3-6,8-11,13,16,24H,7,12,14-15H2,1-2H3,(H,31,36)(H,32,35). The second-order valence-corrected chi connectivity index (χ2v) is 10.9. The van der Waals surface area contributed by atoms with Crippen LogP contribution in [0.1, 0.15) is 51.0 Å². The first-order chi connectivity index (χ1) is 17.7. The van der Waals surface area contributed by atoms with Crippen LogP contribution in [-0.4, -0.2) is 41.2 Å². The highest BCUT2D eigenvalue weighted by Gasteiger charge is 2.44. The zero-order valence-electron chi connectivity index (χ0n) is 20.5. The molecule has 37 heavy (non-hydrogen) atoms. The lowest BCUT2D eigenvalue weighted by atomic mass is 10.0. The van der Waals surface area contributed by atoms with Crippen molar-refractivity contribution in [3.05, 3.63) is 81.0 Å². The molecule has 3 aromatic rings. The number of nitrogens with one attached hydrogen (secondary N) is 2. The van der Waals surface area contributed by atoms with Crippen LogP contribution in [0.25, 0.3) is 11.1 Å². The molecule has 1 aliphatic carbocycles. The average molecular weight is 524 g/mol. The Morgan fingerprint density at radius 2 is 1.76 bits per heavy atom. The minimum atomic E-state index is -3.12. The van der Waals surface area contributed by atoms with E-state index >= 15 is 0 Å². The summed E-state index contributed by atoms with van der Waals surface area (Å²) in [5.41, 5.74) is 0.670. The van der Waals surface area contributed by atoms with Gasteiger partial charge in [-0.2, -0.15) is 8.78 Å². The molecule has 6 nitrogen and oxygen atoms in total. The fourth-order valence-electron chi connectivity index (χ4n) is 5.20.